The number of likely N-dealkylation sites (tertiary alicyclic amines) is 1. The lowest BCUT2D eigenvalue weighted by molar-refractivity contribution is -0.154. The molecule has 0 radical (unpaired) electrons. The molecule has 5 heteroatoms. The van der Waals surface area contributed by atoms with Crippen LogP contribution in [-0.4, -0.2) is 46.4 Å². The molecule has 0 spiro atoms. The average Bonchev–Trinajstić information content (AvgIpc) is 3.01. The van der Waals surface area contributed by atoms with Crippen molar-refractivity contribution in [2.75, 3.05) is 6.54 Å². The Labute approximate surface area is 159 Å². The minimum atomic E-state index is -0.506. The summed E-state index contributed by atoms with van der Waals surface area (Å²) in [5.74, 6) is 0.00304. The van der Waals surface area contributed by atoms with Crippen LogP contribution in [-0.2, 0) is 9.59 Å². The Morgan fingerprint density at radius 3 is 2.19 bits per heavy atom. The zero-order valence-electron chi connectivity index (χ0n) is 17.9. The maximum Gasteiger partial charge on any atom is 0.255 e. The topological polar surface area (TPSA) is 52.7 Å². The Hall–Kier alpha value is -1.10. The highest BCUT2D eigenvalue weighted by Crippen LogP contribution is 2.37. The summed E-state index contributed by atoms with van der Waals surface area (Å²) in [6.07, 6.45) is 5.99. The first kappa shape index (κ1) is 21.2. The van der Waals surface area contributed by atoms with E-state index in [1.807, 2.05) is 20.8 Å². The highest BCUT2D eigenvalue weighted by molar-refractivity contribution is 5.87. The second kappa shape index (κ2) is 7.87. The van der Waals surface area contributed by atoms with E-state index in [9.17, 15) is 9.59 Å². The van der Waals surface area contributed by atoms with Crippen molar-refractivity contribution in [2.24, 2.45) is 10.8 Å². The first-order valence-corrected chi connectivity index (χ1v) is 10.3. The van der Waals surface area contributed by atoms with Crippen LogP contribution in [0.3, 0.4) is 0 Å². The number of amides is 2. The molecular formula is C21H39N3O2. The molecule has 0 aromatic heterocycles. The van der Waals surface area contributed by atoms with Gasteiger partial charge in [-0.3, -0.25) is 24.9 Å². The Balaban J connectivity index is 2.14. The third-order valence-corrected chi connectivity index (χ3v) is 6.03. The van der Waals surface area contributed by atoms with Crippen LogP contribution < -0.4 is 5.43 Å². The molecule has 1 aliphatic heterocycles. The van der Waals surface area contributed by atoms with Crippen LogP contribution in [0.15, 0.2) is 0 Å². The lowest BCUT2D eigenvalue weighted by Crippen LogP contribution is -2.59. The first-order chi connectivity index (χ1) is 11.9. The fourth-order valence-corrected chi connectivity index (χ4v) is 4.19. The predicted octanol–water partition coefficient (Wildman–Crippen LogP) is 3.73. The van der Waals surface area contributed by atoms with Gasteiger partial charge in [-0.15, -0.1) is 0 Å². The summed E-state index contributed by atoms with van der Waals surface area (Å²) in [7, 11) is 0. The number of hydrazine groups is 1. The van der Waals surface area contributed by atoms with Crippen molar-refractivity contribution in [3.05, 3.63) is 0 Å². The maximum absolute atomic E-state index is 13.1. The molecule has 5 nitrogen and oxygen atoms in total. The molecular weight excluding hydrogens is 326 g/mol. The standard InChI is InChI=1S/C21H39N3O2/c1-15(2)23-14-8-9-17(23)18(25)22-24(19(26)20(3,4)5)16-10-12-21(6,7)13-11-16/h15-17H,8-14H2,1-7H3,(H,22,25)/t17-/m0/s1. The van der Waals surface area contributed by atoms with Crippen molar-refractivity contribution in [3.8, 4) is 0 Å². The van der Waals surface area contributed by atoms with Crippen molar-refractivity contribution >= 4 is 11.8 Å². The fraction of sp³-hybridized carbons (Fsp3) is 0.905. The second-order valence-corrected chi connectivity index (χ2v) is 10.3. The fourth-order valence-electron chi connectivity index (χ4n) is 4.19. The Morgan fingerprint density at radius 1 is 1.12 bits per heavy atom. The minimum absolute atomic E-state index is 0.0152. The number of rotatable bonds is 3. The Bertz CT molecular complexity index is 512. The molecule has 150 valence electrons. The lowest BCUT2D eigenvalue weighted by Gasteiger charge is -2.42. The first-order valence-electron chi connectivity index (χ1n) is 10.3. The van der Waals surface area contributed by atoms with Gasteiger partial charge in [-0.2, -0.15) is 0 Å². The summed E-state index contributed by atoms with van der Waals surface area (Å²) in [4.78, 5) is 28.4. The molecule has 2 rings (SSSR count). The van der Waals surface area contributed by atoms with Crippen molar-refractivity contribution < 1.29 is 9.59 Å². The molecule has 1 heterocycles. The summed E-state index contributed by atoms with van der Waals surface area (Å²) in [6, 6.07) is 0.327. The normalized spacial score (nSPS) is 24.7. The van der Waals surface area contributed by atoms with Gasteiger partial charge in [-0.05, 0) is 64.3 Å². The minimum Gasteiger partial charge on any atom is -0.289 e. The Morgan fingerprint density at radius 2 is 1.69 bits per heavy atom. The molecule has 0 aromatic carbocycles. The molecule has 0 aromatic rings. The van der Waals surface area contributed by atoms with E-state index in [1.54, 1.807) is 5.01 Å². The number of hydrogen-bond donors (Lipinski definition) is 1. The lowest BCUT2D eigenvalue weighted by atomic mass is 9.75. The smallest absolute Gasteiger partial charge is 0.255 e. The van der Waals surface area contributed by atoms with E-state index in [-0.39, 0.29) is 23.9 Å². The molecule has 2 amide bonds. The Kier molecular flexibility index (Phi) is 6.42. The van der Waals surface area contributed by atoms with Gasteiger partial charge in [0.05, 0.1) is 12.1 Å². The molecule has 1 saturated heterocycles. The van der Waals surface area contributed by atoms with Crippen LogP contribution in [0.5, 0.6) is 0 Å². The molecule has 2 aliphatic rings. The number of carbonyl (C=O) groups excluding carboxylic acids is 2. The van der Waals surface area contributed by atoms with Gasteiger partial charge in [0.2, 0.25) is 5.91 Å². The van der Waals surface area contributed by atoms with Gasteiger partial charge in [0.25, 0.3) is 5.91 Å². The average molecular weight is 366 g/mol. The predicted molar refractivity (Wildman–Crippen MR) is 105 cm³/mol. The number of nitrogens with zero attached hydrogens (tertiary/aromatic N) is 2. The number of hydrogen-bond acceptors (Lipinski definition) is 3. The second-order valence-electron chi connectivity index (χ2n) is 10.3. The number of carbonyl (C=O) groups is 2. The van der Waals surface area contributed by atoms with Crippen molar-refractivity contribution in [3.63, 3.8) is 0 Å². The van der Waals surface area contributed by atoms with E-state index in [0.717, 1.165) is 45.1 Å². The van der Waals surface area contributed by atoms with Crippen molar-refractivity contribution in [1.29, 1.82) is 0 Å². The zero-order valence-corrected chi connectivity index (χ0v) is 17.9. The highest BCUT2D eigenvalue weighted by Gasteiger charge is 2.39. The molecule has 0 bridgehead atoms. The largest absolute Gasteiger partial charge is 0.289 e. The van der Waals surface area contributed by atoms with Crippen LogP contribution in [0.4, 0.5) is 0 Å². The molecule has 2 fully saturated rings. The van der Waals surface area contributed by atoms with E-state index in [1.165, 1.54) is 0 Å². The molecule has 0 unspecified atom stereocenters. The van der Waals surface area contributed by atoms with Crippen molar-refractivity contribution in [1.82, 2.24) is 15.3 Å². The van der Waals surface area contributed by atoms with E-state index in [0.29, 0.717) is 11.5 Å². The van der Waals surface area contributed by atoms with Gasteiger partial charge in [-0.1, -0.05) is 34.6 Å². The molecule has 1 aliphatic carbocycles. The maximum atomic E-state index is 13.1. The van der Waals surface area contributed by atoms with Gasteiger partial charge in [0.15, 0.2) is 0 Å². The van der Waals surface area contributed by atoms with Crippen LogP contribution in [0.2, 0.25) is 0 Å². The van der Waals surface area contributed by atoms with Gasteiger partial charge < -0.3 is 0 Å². The van der Waals surface area contributed by atoms with E-state index in [2.05, 4.69) is 38.0 Å². The van der Waals surface area contributed by atoms with Crippen LogP contribution in [0.25, 0.3) is 0 Å². The van der Waals surface area contributed by atoms with E-state index in [4.69, 9.17) is 0 Å². The van der Waals surface area contributed by atoms with Crippen LogP contribution in [0.1, 0.15) is 87.0 Å². The quantitative estimate of drug-likeness (QED) is 0.775. The summed E-state index contributed by atoms with van der Waals surface area (Å²) >= 11 is 0. The van der Waals surface area contributed by atoms with Gasteiger partial charge >= 0.3 is 0 Å². The molecule has 26 heavy (non-hydrogen) atoms. The molecule has 1 N–H and O–H groups in total. The summed E-state index contributed by atoms with van der Waals surface area (Å²) in [6.45, 7) is 15.6. The van der Waals surface area contributed by atoms with E-state index < -0.39 is 5.41 Å². The van der Waals surface area contributed by atoms with Gasteiger partial charge in [0.1, 0.15) is 0 Å². The van der Waals surface area contributed by atoms with E-state index >= 15 is 0 Å². The SMILES string of the molecule is CC(C)N1CCC[C@H]1C(=O)NN(C(=O)C(C)(C)C)C1CCC(C)(C)CC1. The van der Waals surface area contributed by atoms with Gasteiger partial charge in [-0.25, -0.2) is 0 Å². The molecule has 1 atom stereocenters. The summed E-state index contributed by atoms with van der Waals surface area (Å²) < 4.78 is 0. The third-order valence-electron chi connectivity index (χ3n) is 6.03. The van der Waals surface area contributed by atoms with Crippen molar-refractivity contribution in [2.45, 2.75) is 105 Å². The summed E-state index contributed by atoms with van der Waals surface area (Å²) in [5, 5.41) is 1.69. The number of nitrogens with one attached hydrogen (secondary N) is 1. The van der Waals surface area contributed by atoms with Crippen LogP contribution in [0, 0.1) is 10.8 Å². The third kappa shape index (κ3) is 4.99. The zero-order chi connectivity index (χ0) is 19.7. The van der Waals surface area contributed by atoms with Gasteiger partial charge in [0, 0.05) is 11.5 Å². The summed E-state index contributed by atoms with van der Waals surface area (Å²) in [5.41, 5.74) is 2.87. The highest BCUT2D eigenvalue weighted by atomic mass is 16.2. The molecule has 1 saturated carbocycles. The monoisotopic (exact) mass is 365 g/mol. The van der Waals surface area contributed by atoms with Crippen LogP contribution >= 0.6 is 0 Å².